The molecule has 27 heavy (non-hydrogen) atoms. The van der Waals surface area contributed by atoms with Crippen molar-refractivity contribution < 1.29 is 9.53 Å². The van der Waals surface area contributed by atoms with E-state index < -0.39 is 0 Å². The maximum Gasteiger partial charge on any atom is 0.266 e. The lowest BCUT2D eigenvalue weighted by Gasteiger charge is -2.10. The standard InChI is InChI=1S/C20H14BrClN2O2S/c21-14-3-7-17(8-4-14)24-20(27)26-18-11-1-13(2-12-18)19(25)23-16-9-5-15(22)6-10-16/h1-12H,(H,23,25)(H,24,27). The normalized spacial score (nSPS) is 10.1. The first-order chi connectivity index (χ1) is 13.0. The maximum atomic E-state index is 12.3. The highest BCUT2D eigenvalue weighted by Crippen LogP contribution is 2.18. The molecule has 0 aliphatic heterocycles. The minimum absolute atomic E-state index is 0.218. The summed E-state index contributed by atoms with van der Waals surface area (Å²) in [6.45, 7) is 0. The van der Waals surface area contributed by atoms with E-state index in [2.05, 4.69) is 26.6 Å². The summed E-state index contributed by atoms with van der Waals surface area (Å²) in [5.41, 5.74) is 2.00. The monoisotopic (exact) mass is 460 g/mol. The highest BCUT2D eigenvalue weighted by molar-refractivity contribution is 9.10. The molecule has 0 radical (unpaired) electrons. The molecule has 0 aromatic heterocycles. The van der Waals surface area contributed by atoms with Crippen LogP contribution in [0.15, 0.2) is 77.3 Å². The minimum atomic E-state index is -0.223. The average Bonchev–Trinajstić information content (AvgIpc) is 2.66. The lowest BCUT2D eigenvalue weighted by molar-refractivity contribution is 0.102. The van der Waals surface area contributed by atoms with E-state index in [9.17, 15) is 4.79 Å². The molecule has 3 rings (SSSR count). The molecule has 0 saturated heterocycles. The smallest absolute Gasteiger partial charge is 0.266 e. The number of hydrogen-bond donors (Lipinski definition) is 2. The number of hydrogen-bond acceptors (Lipinski definition) is 3. The number of carbonyl (C=O) groups is 1. The van der Waals surface area contributed by atoms with E-state index >= 15 is 0 Å². The lowest BCUT2D eigenvalue weighted by atomic mass is 10.2. The largest absolute Gasteiger partial charge is 0.432 e. The number of rotatable bonds is 4. The summed E-state index contributed by atoms with van der Waals surface area (Å²) in [7, 11) is 0. The number of amides is 1. The first kappa shape index (κ1) is 19.4. The Morgan fingerprint density at radius 2 is 1.41 bits per heavy atom. The lowest BCUT2D eigenvalue weighted by Crippen LogP contribution is -2.16. The number of benzene rings is 3. The fourth-order valence-corrected chi connectivity index (χ4v) is 2.80. The molecular weight excluding hydrogens is 448 g/mol. The summed E-state index contributed by atoms with van der Waals surface area (Å²) in [5.74, 6) is 0.312. The van der Waals surface area contributed by atoms with Crippen molar-refractivity contribution in [1.82, 2.24) is 0 Å². The topological polar surface area (TPSA) is 50.4 Å². The van der Waals surface area contributed by atoms with Gasteiger partial charge in [-0.05, 0) is 85.0 Å². The van der Waals surface area contributed by atoms with Crippen LogP contribution in [-0.4, -0.2) is 11.1 Å². The number of halogens is 2. The van der Waals surface area contributed by atoms with Gasteiger partial charge in [-0.25, -0.2) is 0 Å². The molecule has 0 bridgehead atoms. The predicted octanol–water partition coefficient (Wildman–Crippen LogP) is 6.13. The predicted molar refractivity (Wildman–Crippen MR) is 117 cm³/mol. The van der Waals surface area contributed by atoms with Gasteiger partial charge in [0.1, 0.15) is 5.75 Å². The molecule has 3 aromatic rings. The van der Waals surface area contributed by atoms with Gasteiger partial charge in [0.25, 0.3) is 11.1 Å². The Morgan fingerprint density at radius 1 is 0.852 bits per heavy atom. The summed E-state index contributed by atoms with van der Waals surface area (Å²) in [5, 5.41) is 6.62. The minimum Gasteiger partial charge on any atom is -0.432 e. The Balaban J connectivity index is 1.57. The van der Waals surface area contributed by atoms with E-state index in [1.165, 1.54) is 0 Å². The Morgan fingerprint density at radius 3 is 2.04 bits per heavy atom. The van der Waals surface area contributed by atoms with Crippen LogP contribution >= 0.6 is 39.7 Å². The van der Waals surface area contributed by atoms with Gasteiger partial charge in [0, 0.05) is 26.4 Å². The molecule has 0 heterocycles. The summed E-state index contributed by atoms with van der Waals surface area (Å²) in [6, 6.07) is 21.2. The molecule has 0 aliphatic rings. The van der Waals surface area contributed by atoms with Gasteiger partial charge in [0.05, 0.1) is 0 Å². The first-order valence-corrected chi connectivity index (χ1v) is 9.49. The van der Waals surface area contributed by atoms with Crippen LogP contribution in [0.1, 0.15) is 10.4 Å². The SMILES string of the molecule is O=C(Nc1ccc(Cl)cc1)c1ccc(OC(=S)Nc2ccc(Br)cc2)cc1. The van der Waals surface area contributed by atoms with Gasteiger partial charge in [0.2, 0.25) is 0 Å². The third-order valence-electron chi connectivity index (χ3n) is 3.52. The average molecular weight is 462 g/mol. The molecule has 3 aromatic carbocycles. The van der Waals surface area contributed by atoms with Crippen LogP contribution in [0.4, 0.5) is 11.4 Å². The fourth-order valence-electron chi connectivity index (χ4n) is 2.19. The molecule has 0 spiro atoms. The van der Waals surface area contributed by atoms with E-state index in [0.717, 1.165) is 10.2 Å². The quantitative estimate of drug-likeness (QED) is 0.459. The van der Waals surface area contributed by atoms with Crippen molar-refractivity contribution in [2.75, 3.05) is 10.6 Å². The van der Waals surface area contributed by atoms with Gasteiger partial charge in [-0.3, -0.25) is 4.79 Å². The van der Waals surface area contributed by atoms with Crippen LogP contribution < -0.4 is 15.4 Å². The Kier molecular flexibility index (Phi) is 6.45. The third-order valence-corrected chi connectivity index (χ3v) is 4.49. The third kappa shape index (κ3) is 5.79. The molecule has 0 atom stereocenters. The molecule has 2 N–H and O–H groups in total. The van der Waals surface area contributed by atoms with Gasteiger partial charge in [-0.1, -0.05) is 27.5 Å². The fraction of sp³-hybridized carbons (Fsp3) is 0. The van der Waals surface area contributed by atoms with E-state index in [1.54, 1.807) is 48.5 Å². The summed E-state index contributed by atoms with van der Waals surface area (Å²) < 4.78 is 6.56. The van der Waals surface area contributed by atoms with Crippen molar-refractivity contribution in [2.45, 2.75) is 0 Å². The van der Waals surface area contributed by atoms with Crippen molar-refractivity contribution in [3.05, 3.63) is 87.9 Å². The summed E-state index contributed by atoms with van der Waals surface area (Å²) in [4.78, 5) is 12.3. The second kappa shape index (κ2) is 8.99. The molecule has 0 fully saturated rings. The van der Waals surface area contributed by atoms with Crippen molar-refractivity contribution >= 4 is 62.2 Å². The van der Waals surface area contributed by atoms with E-state index in [0.29, 0.717) is 22.0 Å². The molecular formula is C20H14BrClN2O2S. The van der Waals surface area contributed by atoms with E-state index in [-0.39, 0.29) is 11.1 Å². The first-order valence-electron chi connectivity index (χ1n) is 7.91. The maximum absolute atomic E-state index is 12.3. The van der Waals surface area contributed by atoms with Crippen molar-refractivity contribution in [3.63, 3.8) is 0 Å². The van der Waals surface area contributed by atoms with Crippen molar-refractivity contribution in [2.24, 2.45) is 0 Å². The zero-order valence-electron chi connectivity index (χ0n) is 13.9. The Labute approximate surface area is 175 Å². The second-order valence-corrected chi connectivity index (χ2v) is 7.23. The van der Waals surface area contributed by atoms with Crippen LogP contribution in [0.25, 0.3) is 0 Å². The van der Waals surface area contributed by atoms with Crippen LogP contribution in [0.2, 0.25) is 5.02 Å². The summed E-state index contributed by atoms with van der Waals surface area (Å²) in [6.07, 6.45) is 0. The van der Waals surface area contributed by atoms with E-state index in [4.69, 9.17) is 28.6 Å². The van der Waals surface area contributed by atoms with Gasteiger partial charge < -0.3 is 15.4 Å². The zero-order chi connectivity index (χ0) is 19.2. The highest BCUT2D eigenvalue weighted by Gasteiger charge is 2.07. The van der Waals surface area contributed by atoms with Crippen LogP contribution in [0.5, 0.6) is 5.75 Å². The molecule has 136 valence electrons. The number of carbonyl (C=O) groups excluding carboxylic acids is 1. The highest BCUT2D eigenvalue weighted by atomic mass is 79.9. The molecule has 7 heteroatoms. The van der Waals surface area contributed by atoms with Crippen LogP contribution in [-0.2, 0) is 0 Å². The van der Waals surface area contributed by atoms with Gasteiger partial charge >= 0.3 is 0 Å². The zero-order valence-corrected chi connectivity index (χ0v) is 17.1. The Hall–Kier alpha value is -2.41. The number of thiocarbonyl (C=S) groups is 1. The number of anilines is 2. The van der Waals surface area contributed by atoms with Crippen molar-refractivity contribution in [1.29, 1.82) is 0 Å². The van der Waals surface area contributed by atoms with Crippen molar-refractivity contribution in [3.8, 4) is 5.75 Å². The number of ether oxygens (including phenoxy) is 1. The van der Waals surface area contributed by atoms with Crippen LogP contribution in [0, 0.1) is 0 Å². The number of nitrogens with one attached hydrogen (secondary N) is 2. The Bertz CT molecular complexity index is 945. The summed E-state index contributed by atoms with van der Waals surface area (Å²) >= 11 is 14.4. The molecule has 4 nitrogen and oxygen atoms in total. The van der Waals surface area contributed by atoms with E-state index in [1.807, 2.05) is 24.3 Å². The second-order valence-electron chi connectivity index (χ2n) is 5.51. The molecule has 0 unspecified atom stereocenters. The molecule has 0 saturated carbocycles. The molecule has 1 amide bonds. The van der Waals surface area contributed by atoms with Gasteiger partial charge in [-0.15, -0.1) is 0 Å². The van der Waals surface area contributed by atoms with Gasteiger partial charge in [-0.2, -0.15) is 0 Å². The molecule has 0 aliphatic carbocycles. The van der Waals surface area contributed by atoms with Gasteiger partial charge in [0.15, 0.2) is 0 Å². The van der Waals surface area contributed by atoms with Crippen LogP contribution in [0.3, 0.4) is 0 Å².